The van der Waals surface area contributed by atoms with Crippen LogP contribution < -0.4 is 5.32 Å². The van der Waals surface area contributed by atoms with E-state index in [2.05, 4.69) is 43.3 Å². The fourth-order valence-electron chi connectivity index (χ4n) is 2.15. The molecule has 1 atom stereocenters. The van der Waals surface area contributed by atoms with Crippen LogP contribution in [0.25, 0.3) is 0 Å². The number of halogens is 1. The second kappa shape index (κ2) is 6.10. The topological polar surface area (TPSA) is 52.0 Å². The lowest BCUT2D eigenvalue weighted by molar-refractivity contribution is 0.175. The monoisotopic (exact) mass is 294 g/mol. The molecule has 0 spiro atoms. The van der Waals surface area contributed by atoms with Gasteiger partial charge in [-0.2, -0.15) is 5.26 Å². The van der Waals surface area contributed by atoms with Crippen LogP contribution in [0.15, 0.2) is 22.9 Å². The van der Waals surface area contributed by atoms with Gasteiger partial charge in [0.2, 0.25) is 0 Å². The predicted molar refractivity (Wildman–Crippen MR) is 69.4 cm³/mol. The number of pyridine rings is 1. The zero-order chi connectivity index (χ0) is 12.1. The zero-order valence-electron chi connectivity index (χ0n) is 9.56. The molecule has 1 aliphatic rings. The van der Waals surface area contributed by atoms with E-state index >= 15 is 0 Å². The van der Waals surface area contributed by atoms with E-state index < -0.39 is 0 Å². The van der Waals surface area contributed by atoms with Gasteiger partial charge in [-0.25, -0.2) is 0 Å². The molecule has 0 amide bonds. The highest BCUT2D eigenvalue weighted by atomic mass is 79.9. The summed E-state index contributed by atoms with van der Waals surface area (Å²) < 4.78 is 0.966. The van der Waals surface area contributed by atoms with Crippen LogP contribution >= 0.6 is 15.9 Å². The van der Waals surface area contributed by atoms with Crippen molar-refractivity contribution in [3.05, 3.63) is 28.5 Å². The van der Waals surface area contributed by atoms with Crippen LogP contribution in [0, 0.1) is 11.3 Å². The summed E-state index contributed by atoms with van der Waals surface area (Å²) in [5, 5.41) is 12.3. The molecule has 17 heavy (non-hydrogen) atoms. The summed E-state index contributed by atoms with van der Waals surface area (Å²) in [5.41, 5.74) is 1.11. The Morgan fingerprint density at radius 2 is 2.24 bits per heavy atom. The molecule has 0 radical (unpaired) electrons. The minimum absolute atomic E-state index is 0.159. The van der Waals surface area contributed by atoms with E-state index in [1.807, 2.05) is 6.20 Å². The second-order valence-electron chi connectivity index (χ2n) is 4.10. The molecule has 0 unspecified atom stereocenters. The van der Waals surface area contributed by atoms with Crippen molar-refractivity contribution in [2.75, 3.05) is 26.2 Å². The average Bonchev–Trinajstić information content (AvgIpc) is 2.37. The molecule has 0 aliphatic carbocycles. The minimum Gasteiger partial charge on any atom is -0.314 e. The van der Waals surface area contributed by atoms with Gasteiger partial charge >= 0.3 is 0 Å². The SMILES string of the molecule is N#CC[C@@H](c1cncc(Br)c1)N1CCNCC1. The van der Waals surface area contributed by atoms with E-state index in [1.165, 1.54) is 0 Å². The van der Waals surface area contributed by atoms with E-state index in [-0.39, 0.29) is 6.04 Å². The van der Waals surface area contributed by atoms with Gasteiger partial charge in [0.25, 0.3) is 0 Å². The van der Waals surface area contributed by atoms with Gasteiger partial charge in [0, 0.05) is 49.1 Å². The van der Waals surface area contributed by atoms with Gasteiger partial charge in [-0.15, -0.1) is 0 Å². The molecule has 2 heterocycles. The maximum Gasteiger partial charge on any atom is 0.0641 e. The molecule has 4 nitrogen and oxygen atoms in total. The van der Waals surface area contributed by atoms with Gasteiger partial charge in [0.15, 0.2) is 0 Å². The number of rotatable bonds is 3. The van der Waals surface area contributed by atoms with Gasteiger partial charge < -0.3 is 5.32 Å². The third kappa shape index (κ3) is 3.25. The number of aromatic nitrogens is 1. The molecule has 1 fully saturated rings. The summed E-state index contributed by atoms with van der Waals surface area (Å²) in [4.78, 5) is 6.53. The Morgan fingerprint density at radius 3 is 2.88 bits per heavy atom. The Bertz CT molecular complexity index is 409. The van der Waals surface area contributed by atoms with Crippen LogP contribution in [0.1, 0.15) is 18.0 Å². The van der Waals surface area contributed by atoms with Crippen LogP contribution in [-0.4, -0.2) is 36.1 Å². The normalized spacial score (nSPS) is 18.6. The van der Waals surface area contributed by atoms with Crippen molar-refractivity contribution in [2.24, 2.45) is 0 Å². The summed E-state index contributed by atoms with van der Waals surface area (Å²) in [5.74, 6) is 0. The fourth-order valence-corrected chi connectivity index (χ4v) is 2.53. The Hall–Kier alpha value is -0.960. The molecule has 1 saturated heterocycles. The van der Waals surface area contributed by atoms with E-state index in [0.717, 1.165) is 36.2 Å². The first kappa shape index (κ1) is 12.5. The van der Waals surface area contributed by atoms with Crippen LogP contribution in [0.5, 0.6) is 0 Å². The highest BCUT2D eigenvalue weighted by molar-refractivity contribution is 9.10. The summed E-state index contributed by atoms with van der Waals surface area (Å²) in [7, 11) is 0. The second-order valence-corrected chi connectivity index (χ2v) is 5.02. The molecule has 1 N–H and O–H groups in total. The van der Waals surface area contributed by atoms with E-state index in [0.29, 0.717) is 6.42 Å². The Morgan fingerprint density at radius 1 is 1.47 bits per heavy atom. The van der Waals surface area contributed by atoms with Gasteiger partial charge in [-0.1, -0.05) is 0 Å². The standard InChI is InChI=1S/C12H15BrN4/c13-11-7-10(8-16-9-11)12(1-2-14)17-5-3-15-4-6-17/h7-9,12,15H,1,3-6H2/t12-/m0/s1. The predicted octanol–water partition coefficient (Wildman–Crippen LogP) is 1.70. The van der Waals surface area contributed by atoms with E-state index in [9.17, 15) is 0 Å². The first-order valence-corrected chi connectivity index (χ1v) is 6.52. The molecule has 90 valence electrons. The summed E-state index contributed by atoms with van der Waals surface area (Å²) in [6.45, 7) is 3.95. The van der Waals surface area contributed by atoms with Gasteiger partial charge in [0.05, 0.1) is 12.5 Å². The quantitative estimate of drug-likeness (QED) is 0.922. The number of nitriles is 1. The van der Waals surface area contributed by atoms with Crippen molar-refractivity contribution in [3.63, 3.8) is 0 Å². The summed E-state index contributed by atoms with van der Waals surface area (Å²) in [6.07, 6.45) is 4.14. The summed E-state index contributed by atoms with van der Waals surface area (Å²) >= 11 is 3.43. The lowest BCUT2D eigenvalue weighted by Gasteiger charge is -2.33. The number of nitrogens with zero attached hydrogens (tertiary/aromatic N) is 3. The van der Waals surface area contributed by atoms with Crippen molar-refractivity contribution in [1.29, 1.82) is 5.26 Å². The zero-order valence-corrected chi connectivity index (χ0v) is 11.2. The molecule has 1 aliphatic heterocycles. The van der Waals surface area contributed by atoms with Gasteiger partial charge in [-0.3, -0.25) is 9.88 Å². The smallest absolute Gasteiger partial charge is 0.0641 e. The third-order valence-electron chi connectivity index (χ3n) is 2.99. The maximum absolute atomic E-state index is 8.97. The van der Waals surface area contributed by atoms with Crippen molar-refractivity contribution in [3.8, 4) is 6.07 Å². The highest BCUT2D eigenvalue weighted by Crippen LogP contribution is 2.25. The van der Waals surface area contributed by atoms with Crippen LogP contribution in [-0.2, 0) is 0 Å². The lowest BCUT2D eigenvalue weighted by Crippen LogP contribution is -2.45. The molecule has 0 bridgehead atoms. The summed E-state index contributed by atoms with van der Waals surface area (Å²) in [6, 6.07) is 4.49. The van der Waals surface area contributed by atoms with Crippen LogP contribution in [0.4, 0.5) is 0 Å². The maximum atomic E-state index is 8.97. The fraction of sp³-hybridized carbons (Fsp3) is 0.500. The molecule has 2 rings (SSSR count). The van der Waals surface area contributed by atoms with Gasteiger partial charge in [-0.05, 0) is 27.6 Å². The lowest BCUT2D eigenvalue weighted by atomic mass is 10.0. The largest absolute Gasteiger partial charge is 0.314 e. The Balaban J connectivity index is 2.19. The molecule has 5 heteroatoms. The number of hydrogen-bond acceptors (Lipinski definition) is 4. The van der Waals surface area contributed by atoms with Crippen LogP contribution in [0.2, 0.25) is 0 Å². The first-order chi connectivity index (χ1) is 8.31. The van der Waals surface area contributed by atoms with Crippen molar-refractivity contribution >= 4 is 15.9 Å². The first-order valence-electron chi connectivity index (χ1n) is 5.73. The molecule has 1 aromatic heterocycles. The number of piperazine rings is 1. The third-order valence-corrected chi connectivity index (χ3v) is 3.42. The van der Waals surface area contributed by atoms with E-state index in [4.69, 9.17) is 5.26 Å². The minimum atomic E-state index is 0.159. The molecule has 1 aromatic rings. The molecular weight excluding hydrogens is 280 g/mol. The molecule has 0 aromatic carbocycles. The van der Waals surface area contributed by atoms with Crippen molar-refractivity contribution in [1.82, 2.24) is 15.2 Å². The average molecular weight is 295 g/mol. The van der Waals surface area contributed by atoms with Gasteiger partial charge in [0.1, 0.15) is 0 Å². The van der Waals surface area contributed by atoms with Crippen molar-refractivity contribution in [2.45, 2.75) is 12.5 Å². The highest BCUT2D eigenvalue weighted by Gasteiger charge is 2.22. The Kier molecular flexibility index (Phi) is 4.49. The number of hydrogen-bond donors (Lipinski definition) is 1. The van der Waals surface area contributed by atoms with E-state index in [1.54, 1.807) is 6.20 Å². The molecular formula is C12H15BrN4. The molecule has 0 saturated carbocycles. The van der Waals surface area contributed by atoms with Crippen LogP contribution in [0.3, 0.4) is 0 Å². The Labute approximate surface area is 110 Å². The number of nitrogens with one attached hydrogen (secondary N) is 1. The van der Waals surface area contributed by atoms with Crippen molar-refractivity contribution < 1.29 is 0 Å².